The van der Waals surface area contributed by atoms with Crippen molar-refractivity contribution in [2.24, 2.45) is 0 Å². The minimum absolute atomic E-state index is 0.0810. The summed E-state index contributed by atoms with van der Waals surface area (Å²) in [6.07, 6.45) is 39.4. The molecule has 3 N–H and O–H groups in total. The molecule has 0 aliphatic heterocycles. The Morgan fingerprint density at radius 2 is 1.03 bits per heavy atom. The molecule has 0 saturated heterocycles. The Labute approximate surface area is 242 Å². The number of nitrogens with one attached hydrogen (secondary N) is 1. The summed E-state index contributed by atoms with van der Waals surface area (Å²) in [5, 5.41) is 22.7. The number of rotatable bonds is 29. The highest BCUT2D eigenvalue weighted by atomic mass is 16.3. The molecule has 0 aromatic carbocycles. The van der Waals surface area contributed by atoms with Gasteiger partial charge in [0, 0.05) is 6.42 Å². The minimum Gasteiger partial charge on any atom is -0.394 e. The molecule has 0 fully saturated rings. The quantitative estimate of drug-likeness (QED) is 0.0645. The predicted molar refractivity (Wildman–Crippen MR) is 170 cm³/mol. The smallest absolute Gasteiger partial charge is 0.220 e. The number of hydrogen-bond donors (Lipinski definition) is 3. The van der Waals surface area contributed by atoms with Crippen LogP contribution in [0.1, 0.15) is 162 Å². The van der Waals surface area contributed by atoms with E-state index in [1.165, 1.54) is 96.3 Å². The van der Waals surface area contributed by atoms with Crippen LogP contribution in [0.3, 0.4) is 0 Å². The number of carbonyl (C=O) groups is 1. The van der Waals surface area contributed by atoms with Crippen molar-refractivity contribution in [1.82, 2.24) is 5.32 Å². The number of carbonyl (C=O) groups excluding carboxylic acids is 1. The van der Waals surface area contributed by atoms with E-state index in [4.69, 9.17) is 0 Å². The van der Waals surface area contributed by atoms with E-state index >= 15 is 0 Å². The molecule has 0 bridgehead atoms. The molecular formula is C35H65NO3. The van der Waals surface area contributed by atoms with E-state index in [9.17, 15) is 15.0 Å². The first-order valence-electron chi connectivity index (χ1n) is 16.7. The maximum atomic E-state index is 12.2. The topological polar surface area (TPSA) is 69.6 Å². The van der Waals surface area contributed by atoms with Gasteiger partial charge in [-0.1, -0.05) is 153 Å². The molecule has 0 saturated carbocycles. The van der Waals surface area contributed by atoms with Crippen molar-refractivity contribution in [3.8, 4) is 0 Å². The molecule has 0 heterocycles. The molecule has 39 heavy (non-hydrogen) atoms. The molecule has 1 amide bonds. The van der Waals surface area contributed by atoms with Gasteiger partial charge < -0.3 is 15.5 Å². The molecule has 228 valence electrons. The van der Waals surface area contributed by atoms with Gasteiger partial charge in [0.05, 0.1) is 18.8 Å². The zero-order valence-electron chi connectivity index (χ0n) is 25.9. The maximum Gasteiger partial charge on any atom is 0.220 e. The highest BCUT2D eigenvalue weighted by Crippen LogP contribution is 2.14. The van der Waals surface area contributed by atoms with Crippen LogP contribution in [0.4, 0.5) is 0 Å². The van der Waals surface area contributed by atoms with Crippen LogP contribution in [0.2, 0.25) is 0 Å². The summed E-state index contributed by atoms with van der Waals surface area (Å²) >= 11 is 0. The standard InChI is InChI=1S/C35H65NO3/c1-3-5-7-9-11-13-15-16-17-18-19-20-21-23-25-27-29-31-35(39)36-33(32-37)34(38)30-28-26-24-22-14-12-10-8-6-4-2/h6,8,14,22,28,30,33-34,37-38H,3-5,7,9-13,15-21,23-27,29,31-32H2,1-2H3,(H,36,39)/b8-6+,22-14+,30-28+. The highest BCUT2D eigenvalue weighted by Gasteiger charge is 2.17. The van der Waals surface area contributed by atoms with Gasteiger partial charge in [-0.15, -0.1) is 0 Å². The lowest BCUT2D eigenvalue weighted by molar-refractivity contribution is -0.123. The molecule has 2 unspecified atom stereocenters. The number of amides is 1. The van der Waals surface area contributed by atoms with Crippen LogP contribution >= 0.6 is 0 Å². The maximum absolute atomic E-state index is 12.2. The first kappa shape index (κ1) is 37.6. The van der Waals surface area contributed by atoms with E-state index in [1.54, 1.807) is 6.08 Å². The van der Waals surface area contributed by atoms with Crippen molar-refractivity contribution in [1.29, 1.82) is 0 Å². The third kappa shape index (κ3) is 28.0. The Hall–Kier alpha value is -1.39. The Kier molecular flexibility index (Phi) is 30.0. The molecule has 4 heteroatoms. The zero-order chi connectivity index (χ0) is 28.7. The van der Waals surface area contributed by atoms with E-state index in [2.05, 4.69) is 43.5 Å². The van der Waals surface area contributed by atoms with Gasteiger partial charge in [0.25, 0.3) is 0 Å². The van der Waals surface area contributed by atoms with E-state index in [0.717, 1.165) is 44.9 Å². The van der Waals surface area contributed by atoms with Crippen molar-refractivity contribution in [3.63, 3.8) is 0 Å². The number of aliphatic hydroxyl groups excluding tert-OH is 2. The van der Waals surface area contributed by atoms with Gasteiger partial charge in [0.1, 0.15) is 0 Å². The second kappa shape index (κ2) is 31.1. The number of unbranched alkanes of at least 4 members (excludes halogenated alkanes) is 18. The average Bonchev–Trinajstić information content (AvgIpc) is 2.94. The second-order valence-corrected chi connectivity index (χ2v) is 11.2. The molecule has 4 nitrogen and oxygen atoms in total. The van der Waals surface area contributed by atoms with Gasteiger partial charge in [-0.3, -0.25) is 4.79 Å². The summed E-state index contributed by atoms with van der Waals surface area (Å²) in [5.74, 6) is -0.0810. The monoisotopic (exact) mass is 547 g/mol. The SMILES string of the molecule is CC/C=C/CC/C=C/CC/C=C/C(O)C(CO)NC(=O)CCCCCCCCCCCCCCCCCCC. The van der Waals surface area contributed by atoms with Crippen molar-refractivity contribution >= 4 is 5.91 Å². The molecule has 0 rings (SSSR count). The van der Waals surface area contributed by atoms with E-state index in [-0.39, 0.29) is 12.5 Å². The van der Waals surface area contributed by atoms with Crippen molar-refractivity contribution in [2.75, 3.05) is 6.61 Å². The Bertz CT molecular complexity index is 599. The van der Waals surface area contributed by atoms with Crippen LogP contribution < -0.4 is 5.32 Å². The summed E-state index contributed by atoms with van der Waals surface area (Å²) in [6.45, 7) is 4.16. The van der Waals surface area contributed by atoms with E-state index in [0.29, 0.717) is 6.42 Å². The van der Waals surface area contributed by atoms with Gasteiger partial charge >= 0.3 is 0 Å². The molecule has 0 aliphatic rings. The minimum atomic E-state index is -0.863. The Morgan fingerprint density at radius 1 is 0.615 bits per heavy atom. The third-order valence-corrected chi connectivity index (χ3v) is 7.37. The summed E-state index contributed by atoms with van der Waals surface area (Å²) in [6, 6.07) is -0.638. The molecule has 0 aromatic heterocycles. The first-order chi connectivity index (χ1) is 19.2. The number of hydrogen-bond acceptors (Lipinski definition) is 3. The largest absolute Gasteiger partial charge is 0.394 e. The van der Waals surface area contributed by atoms with E-state index in [1.807, 2.05) is 6.08 Å². The first-order valence-corrected chi connectivity index (χ1v) is 16.7. The lowest BCUT2D eigenvalue weighted by Gasteiger charge is -2.19. The fourth-order valence-corrected chi connectivity index (χ4v) is 4.80. The summed E-state index contributed by atoms with van der Waals surface area (Å²) in [4.78, 5) is 12.2. The molecule has 0 spiro atoms. The molecular weight excluding hydrogens is 482 g/mol. The fraction of sp³-hybridized carbons (Fsp3) is 0.800. The van der Waals surface area contributed by atoms with Gasteiger partial charge in [0.2, 0.25) is 5.91 Å². The number of aliphatic hydroxyl groups is 2. The van der Waals surface area contributed by atoms with Crippen LogP contribution in [0.15, 0.2) is 36.5 Å². The van der Waals surface area contributed by atoms with Crippen molar-refractivity contribution < 1.29 is 15.0 Å². The van der Waals surface area contributed by atoms with Crippen LogP contribution in [-0.4, -0.2) is 34.9 Å². The summed E-state index contributed by atoms with van der Waals surface area (Å²) in [5.41, 5.74) is 0. The van der Waals surface area contributed by atoms with Gasteiger partial charge in [-0.25, -0.2) is 0 Å². The lowest BCUT2D eigenvalue weighted by Crippen LogP contribution is -2.45. The zero-order valence-corrected chi connectivity index (χ0v) is 25.9. The van der Waals surface area contributed by atoms with Gasteiger partial charge in [-0.05, 0) is 38.5 Å². The molecule has 0 aliphatic carbocycles. The highest BCUT2D eigenvalue weighted by molar-refractivity contribution is 5.76. The van der Waals surface area contributed by atoms with Gasteiger partial charge in [-0.2, -0.15) is 0 Å². The number of allylic oxidation sites excluding steroid dienone is 5. The third-order valence-electron chi connectivity index (χ3n) is 7.37. The van der Waals surface area contributed by atoms with Crippen molar-refractivity contribution in [3.05, 3.63) is 36.5 Å². The summed E-state index contributed by atoms with van der Waals surface area (Å²) in [7, 11) is 0. The molecule has 2 atom stereocenters. The van der Waals surface area contributed by atoms with Crippen LogP contribution in [0.25, 0.3) is 0 Å². The van der Waals surface area contributed by atoms with Crippen LogP contribution in [0.5, 0.6) is 0 Å². The van der Waals surface area contributed by atoms with Crippen molar-refractivity contribution in [2.45, 2.75) is 174 Å². The van der Waals surface area contributed by atoms with E-state index < -0.39 is 12.1 Å². The normalized spacial score (nSPS) is 13.6. The van der Waals surface area contributed by atoms with Gasteiger partial charge in [0.15, 0.2) is 0 Å². The molecule has 0 radical (unpaired) electrons. The Balaban J connectivity index is 3.63. The molecule has 0 aromatic rings. The summed E-state index contributed by atoms with van der Waals surface area (Å²) < 4.78 is 0. The second-order valence-electron chi connectivity index (χ2n) is 11.2. The predicted octanol–water partition coefficient (Wildman–Crippen LogP) is 9.51. The lowest BCUT2D eigenvalue weighted by atomic mass is 10.0. The van der Waals surface area contributed by atoms with Crippen LogP contribution in [-0.2, 0) is 4.79 Å². The Morgan fingerprint density at radius 3 is 1.46 bits per heavy atom. The fourth-order valence-electron chi connectivity index (χ4n) is 4.80. The van der Waals surface area contributed by atoms with Crippen LogP contribution in [0, 0.1) is 0 Å². The average molecular weight is 548 g/mol.